The molecule has 3 aliphatic rings. The second-order valence-electron chi connectivity index (χ2n) is 8.48. The van der Waals surface area contributed by atoms with Crippen molar-refractivity contribution in [1.29, 1.82) is 0 Å². The fourth-order valence-corrected chi connectivity index (χ4v) is 6.43. The van der Waals surface area contributed by atoms with Crippen LogP contribution in [0.1, 0.15) is 36.9 Å². The van der Waals surface area contributed by atoms with Gasteiger partial charge in [-0.05, 0) is 50.5 Å². The molecular weight excluding hydrogens is 398 g/mol. The van der Waals surface area contributed by atoms with Crippen molar-refractivity contribution in [3.05, 3.63) is 53.6 Å². The highest BCUT2D eigenvalue weighted by molar-refractivity contribution is 7.89. The number of nitrogens with zero attached hydrogens (tertiary/aromatic N) is 3. The van der Waals surface area contributed by atoms with Crippen LogP contribution in [0.2, 0.25) is 0 Å². The Labute approximate surface area is 179 Å². The van der Waals surface area contributed by atoms with E-state index in [1.54, 1.807) is 10.4 Å². The van der Waals surface area contributed by atoms with Gasteiger partial charge in [0.2, 0.25) is 10.0 Å². The van der Waals surface area contributed by atoms with Gasteiger partial charge >= 0.3 is 0 Å². The zero-order valence-corrected chi connectivity index (χ0v) is 18.4. The molecule has 0 bridgehead atoms. The van der Waals surface area contributed by atoms with Gasteiger partial charge in [-0.1, -0.05) is 29.8 Å². The van der Waals surface area contributed by atoms with E-state index in [4.69, 9.17) is 4.74 Å². The Morgan fingerprint density at radius 1 is 1.00 bits per heavy atom. The van der Waals surface area contributed by atoms with E-state index >= 15 is 0 Å². The third kappa shape index (κ3) is 3.20. The fraction of sp³-hybridized carbons (Fsp3) is 0.478. The number of fused-ring (bicyclic) bond motifs is 3. The van der Waals surface area contributed by atoms with Crippen LogP contribution in [-0.4, -0.2) is 51.7 Å². The molecule has 0 aromatic heterocycles. The van der Waals surface area contributed by atoms with Gasteiger partial charge in [0.05, 0.1) is 35.5 Å². The number of ether oxygens (including phenoxy) is 1. The summed E-state index contributed by atoms with van der Waals surface area (Å²) in [4.78, 5) is 5.24. The average molecular weight is 428 g/mol. The normalized spacial score (nSPS) is 22.8. The summed E-state index contributed by atoms with van der Waals surface area (Å²) in [5.41, 5.74) is 4.68. The second-order valence-corrected chi connectivity index (χ2v) is 10.4. The predicted molar refractivity (Wildman–Crippen MR) is 118 cm³/mol. The number of hydrogen-bond acceptors (Lipinski definition) is 5. The predicted octanol–water partition coefficient (Wildman–Crippen LogP) is 3.52. The molecule has 3 aliphatic heterocycles. The molecular formula is C23H29N3O3S. The Kier molecular flexibility index (Phi) is 5.00. The van der Waals surface area contributed by atoms with Crippen LogP contribution < -0.4 is 9.80 Å². The zero-order valence-electron chi connectivity index (χ0n) is 17.6. The van der Waals surface area contributed by atoms with Gasteiger partial charge in [-0.25, -0.2) is 8.42 Å². The summed E-state index contributed by atoms with van der Waals surface area (Å²) >= 11 is 0. The maximum Gasteiger partial charge on any atom is 0.243 e. The standard InChI is InChI=1S/C23H29N3O3S/c1-17-5-7-19(8-6-17)18(2)26-22-16-20(30(27,28)24-12-14-29-15-13-24)9-10-21(22)25-11-3-4-23(25)26/h5-10,16,18,23H,3-4,11-15H2,1-2H3/t18-,23-/m1/s1. The monoisotopic (exact) mass is 427 g/mol. The minimum atomic E-state index is -3.52. The summed E-state index contributed by atoms with van der Waals surface area (Å²) in [6.45, 7) is 7.08. The van der Waals surface area contributed by atoms with E-state index in [0.29, 0.717) is 31.2 Å². The fourth-order valence-electron chi connectivity index (χ4n) is 5.00. The molecule has 0 spiro atoms. The molecule has 2 aromatic carbocycles. The van der Waals surface area contributed by atoms with Gasteiger partial charge < -0.3 is 14.5 Å². The molecule has 0 aliphatic carbocycles. The number of morpholine rings is 1. The smallest absolute Gasteiger partial charge is 0.243 e. The molecule has 0 radical (unpaired) electrons. The van der Waals surface area contributed by atoms with Crippen molar-refractivity contribution in [3.63, 3.8) is 0 Å². The van der Waals surface area contributed by atoms with Crippen molar-refractivity contribution in [3.8, 4) is 0 Å². The molecule has 6 nitrogen and oxygen atoms in total. The third-order valence-electron chi connectivity index (χ3n) is 6.66. The lowest BCUT2D eigenvalue weighted by Crippen LogP contribution is -2.41. The molecule has 2 aromatic rings. The van der Waals surface area contributed by atoms with Crippen molar-refractivity contribution in [1.82, 2.24) is 4.31 Å². The highest BCUT2D eigenvalue weighted by Gasteiger charge is 2.42. The van der Waals surface area contributed by atoms with Crippen LogP contribution in [0.25, 0.3) is 0 Å². The van der Waals surface area contributed by atoms with Gasteiger partial charge in [0.15, 0.2) is 0 Å². The summed E-state index contributed by atoms with van der Waals surface area (Å²) in [6, 6.07) is 14.5. The molecule has 0 unspecified atom stereocenters. The maximum atomic E-state index is 13.3. The Morgan fingerprint density at radius 2 is 1.73 bits per heavy atom. The molecule has 2 fully saturated rings. The number of hydrogen-bond donors (Lipinski definition) is 0. The lowest BCUT2D eigenvalue weighted by atomic mass is 10.0. The van der Waals surface area contributed by atoms with Crippen molar-refractivity contribution >= 4 is 21.4 Å². The van der Waals surface area contributed by atoms with E-state index in [9.17, 15) is 8.42 Å². The SMILES string of the molecule is Cc1ccc([C@@H](C)N2c3cc(S(=O)(=O)N4CCOCC4)ccc3N3CCC[C@H]32)cc1. The van der Waals surface area contributed by atoms with Gasteiger partial charge in [0.25, 0.3) is 0 Å². The Hall–Kier alpha value is -2.09. The van der Waals surface area contributed by atoms with Gasteiger partial charge in [-0.3, -0.25) is 0 Å². The molecule has 2 atom stereocenters. The highest BCUT2D eigenvalue weighted by Crippen LogP contribution is 2.48. The first kappa shape index (κ1) is 19.8. The van der Waals surface area contributed by atoms with E-state index in [-0.39, 0.29) is 12.2 Å². The van der Waals surface area contributed by atoms with Crippen molar-refractivity contribution in [2.75, 3.05) is 42.6 Å². The molecule has 3 heterocycles. The molecule has 0 N–H and O–H groups in total. The minimum absolute atomic E-state index is 0.166. The van der Waals surface area contributed by atoms with Gasteiger partial charge in [-0.15, -0.1) is 0 Å². The van der Waals surface area contributed by atoms with Crippen molar-refractivity contribution < 1.29 is 13.2 Å². The summed E-state index contributed by atoms with van der Waals surface area (Å²) in [5.74, 6) is 0. The molecule has 0 saturated carbocycles. The Morgan fingerprint density at radius 3 is 2.47 bits per heavy atom. The molecule has 160 valence electrons. The van der Waals surface area contributed by atoms with Crippen LogP contribution in [0.15, 0.2) is 47.4 Å². The molecule has 0 amide bonds. The Balaban J connectivity index is 1.54. The number of rotatable bonds is 4. The topological polar surface area (TPSA) is 53.1 Å². The number of anilines is 2. The van der Waals surface area contributed by atoms with E-state index in [1.807, 2.05) is 12.1 Å². The van der Waals surface area contributed by atoms with Crippen molar-refractivity contribution in [2.24, 2.45) is 0 Å². The lowest BCUT2D eigenvalue weighted by molar-refractivity contribution is 0.0730. The molecule has 5 rings (SSSR count). The first-order valence-electron chi connectivity index (χ1n) is 10.8. The third-order valence-corrected chi connectivity index (χ3v) is 8.56. The largest absolute Gasteiger partial charge is 0.379 e. The Bertz CT molecular complexity index is 1030. The summed E-state index contributed by atoms with van der Waals surface area (Å²) in [6.07, 6.45) is 2.54. The summed E-state index contributed by atoms with van der Waals surface area (Å²) < 4.78 is 33.4. The lowest BCUT2D eigenvalue weighted by Gasteiger charge is -2.33. The minimum Gasteiger partial charge on any atom is -0.379 e. The van der Waals surface area contributed by atoms with Gasteiger partial charge in [-0.2, -0.15) is 4.31 Å². The average Bonchev–Trinajstić information content (AvgIpc) is 3.34. The first-order chi connectivity index (χ1) is 14.5. The molecule has 2 saturated heterocycles. The van der Waals surface area contributed by atoms with Gasteiger partial charge in [0.1, 0.15) is 6.17 Å². The zero-order chi connectivity index (χ0) is 20.9. The van der Waals surface area contributed by atoms with E-state index < -0.39 is 10.0 Å². The van der Waals surface area contributed by atoms with Crippen LogP contribution in [-0.2, 0) is 14.8 Å². The number of aryl methyl sites for hydroxylation is 1. The maximum absolute atomic E-state index is 13.3. The van der Waals surface area contributed by atoms with Crippen LogP contribution in [0.4, 0.5) is 11.4 Å². The van der Waals surface area contributed by atoms with Crippen molar-refractivity contribution in [2.45, 2.75) is 43.8 Å². The quantitative estimate of drug-likeness (QED) is 0.747. The molecule has 30 heavy (non-hydrogen) atoms. The summed E-state index contributed by atoms with van der Waals surface area (Å²) in [7, 11) is -3.52. The van der Waals surface area contributed by atoms with Gasteiger partial charge in [0, 0.05) is 19.6 Å². The highest BCUT2D eigenvalue weighted by atomic mass is 32.2. The van der Waals surface area contributed by atoms with E-state index in [0.717, 1.165) is 30.8 Å². The second kappa shape index (κ2) is 7.55. The molecule has 7 heteroatoms. The number of sulfonamides is 1. The summed E-state index contributed by atoms with van der Waals surface area (Å²) in [5, 5.41) is 0. The van der Waals surface area contributed by atoms with Crippen LogP contribution >= 0.6 is 0 Å². The number of benzene rings is 2. The van der Waals surface area contributed by atoms with Crippen LogP contribution in [0.5, 0.6) is 0 Å². The van der Waals surface area contributed by atoms with Crippen LogP contribution in [0, 0.1) is 6.92 Å². The van der Waals surface area contributed by atoms with E-state index in [2.05, 4.69) is 47.9 Å². The first-order valence-corrected chi connectivity index (χ1v) is 12.2. The van der Waals surface area contributed by atoms with E-state index in [1.165, 1.54) is 11.1 Å². The van der Waals surface area contributed by atoms with Crippen LogP contribution in [0.3, 0.4) is 0 Å².